The molecule has 25 heavy (non-hydrogen) atoms. The van der Waals surface area contributed by atoms with Crippen LogP contribution in [0.2, 0.25) is 0 Å². The Morgan fingerprint density at radius 3 is 2.48 bits per heavy atom. The van der Waals surface area contributed by atoms with E-state index < -0.39 is 0 Å². The summed E-state index contributed by atoms with van der Waals surface area (Å²) in [6, 6.07) is 19.8. The first kappa shape index (κ1) is 15.6. The summed E-state index contributed by atoms with van der Waals surface area (Å²) < 4.78 is 5.38. The first-order valence-electron chi connectivity index (χ1n) is 8.54. The number of nitrogens with one attached hydrogen (secondary N) is 1. The second kappa shape index (κ2) is 6.20. The van der Waals surface area contributed by atoms with Gasteiger partial charge in [0.1, 0.15) is 5.69 Å². The summed E-state index contributed by atoms with van der Waals surface area (Å²) in [4.78, 5) is 17.3. The van der Waals surface area contributed by atoms with Crippen molar-refractivity contribution in [3.8, 4) is 5.88 Å². The largest absolute Gasteiger partial charge is 0.481 e. The Hall–Kier alpha value is -2.88. The van der Waals surface area contributed by atoms with Crippen molar-refractivity contribution in [2.45, 2.75) is 24.8 Å². The van der Waals surface area contributed by atoms with Crippen LogP contribution in [0.3, 0.4) is 0 Å². The van der Waals surface area contributed by atoms with Crippen molar-refractivity contribution in [2.75, 3.05) is 7.11 Å². The predicted octanol–water partition coefficient (Wildman–Crippen LogP) is 4.05. The predicted molar refractivity (Wildman–Crippen MR) is 97.7 cm³/mol. The van der Waals surface area contributed by atoms with Crippen molar-refractivity contribution in [2.24, 2.45) is 0 Å². The maximum Gasteiger partial charge on any atom is 0.270 e. The number of carbonyl (C=O) groups excluding carboxylic acids is 1. The smallest absolute Gasteiger partial charge is 0.270 e. The number of ether oxygens (including phenoxy) is 1. The topological polar surface area (TPSA) is 51.2 Å². The lowest BCUT2D eigenvalue weighted by Gasteiger charge is -2.43. The van der Waals surface area contributed by atoms with Crippen LogP contribution in [0, 0.1) is 0 Å². The molecule has 0 bridgehead atoms. The molecule has 4 heteroatoms. The first-order valence-corrected chi connectivity index (χ1v) is 8.54. The van der Waals surface area contributed by atoms with E-state index in [4.69, 9.17) is 4.74 Å². The van der Waals surface area contributed by atoms with Crippen LogP contribution in [-0.2, 0) is 5.54 Å². The quantitative estimate of drug-likeness (QED) is 0.784. The van der Waals surface area contributed by atoms with Crippen LogP contribution >= 0.6 is 0 Å². The molecule has 126 valence electrons. The van der Waals surface area contributed by atoms with Crippen LogP contribution in [0.25, 0.3) is 10.8 Å². The van der Waals surface area contributed by atoms with Crippen molar-refractivity contribution >= 4 is 16.7 Å². The molecule has 1 amide bonds. The number of benzene rings is 2. The number of hydrogen-bond donors (Lipinski definition) is 1. The molecule has 0 radical (unpaired) electrons. The number of amides is 1. The summed E-state index contributed by atoms with van der Waals surface area (Å²) in [6.07, 6.45) is 3.02. The molecule has 1 saturated carbocycles. The fourth-order valence-electron chi connectivity index (χ4n) is 3.49. The van der Waals surface area contributed by atoms with E-state index >= 15 is 0 Å². The van der Waals surface area contributed by atoms with Crippen molar-refractivity contribution in [3.63, 3.8) is 0 Å². The van der Waals surface area contributed by atoms with E-state index in [0.29, 0.717) is 11.6 Å². The molecule has 0 saturated heterocycles. The second-order valence-corrected chi connectivity index (χ2v) is 6.49. The monoisotopic (exact) mass is 332 g/mol. The zero-order valence-electron chi connectivity index (χ0n) is 14.2. The highest BCUT2D eigenvalue weighted by atomic mass is 16.5. The maximum atomic E-state index is 12.9. The first-order chi connectivity index (χ1) is 12.2. The molecule has 4 rings (SSSR count). The molecule has 3 aromatic rings. The molecule has 1 aliphatic carbocycles. The van der Waals surface area contributed by atoms with E-state index in [2.05, 4.69) is 22.4 Å². The van der Waals surface area contributed by atoms with Gasteiger partial charge in [0.25, 0.3) is 5.91 Å². The third-order valence-corrected chi connectivity index (χ3v) is 5.02. The van der Waals surface area contributed by atoms with Gasteiger partial charge in [-0.25, -0.2) is 4.98 Å². The highest BCUT2D eigenvalue weighted by Gasteiger charge is 2.40. The molecule has 0 spiro atoms. The van der Waals surface area contributed by atoms with Crippen LogP contribution in [0.5, 0.6) is 5.88 Å². The van der Waals surface area contributed by atoms with Gasteiger partial charge in [0.05, 0.1) is 12.6 Å². The number of fused-ring (bicyclic) bond motifs is 1. The lowest BCUT2D eigenvalue weighted by molar-refractivity contribution is 0.0817. The minimum absolute atomic E-state index is 0.160. The SMILES string of the molecule is COc1nc(C(=O)NC2(c3ccccc3)CCC2)cc2ccccc12. The van der Waals surface area contributed by atoms with Crippen LogP contribution in [0.4, 0.5) is 0 Å². The van der Waals surface area contributed by atoms with Gasteiger partial charge >= 0.3 is 0 Å². The number of pyridine rings is 1. The van der Waals surface area contributed by atoms with Gasteiger partial charge in [0.15, 0.2) is 0 Å². The number of carbonyl (C=O) groups is 1. The number of methoxy groups -OCH3 is 1. The Bertz CT molecular complexity index is 918. The van der Waals surface area contributed by atoms with Gasteiger partial charge in [-0.3, -0.25) is 4.79 Å². The molecule has 4 nitrogen and oxygen atoms in total. The Balaban J connectivity index is 1.68. The summed E-state index contributed by atoms with van der Waals surface area (Å²) in [5.74, 6) is 0.318. The van der Waals surface area contributed by atoms with Gasteiger partial charge in [0, 0.05) is 5.39 Å². The molecule has 1 N–H and O–H groups in total. The van der Waals surface area contributed by atoms with Gasteiger partial charge in [-0.15, -0.1) is 0 Å². The van der Waals surface area contributed by atoms with Crippen molar-refractivity contribution in [1.29, 1.82) is 0 Å². The molecule has 2 aromatic carbocycles. The average molecular weight is 332 g/mol. The lowest BCUT2D eigenvalue weighted by atomic mass is 9.71. The molecule has 0 atom stereocenters. The van der Waals surface area contributed by atoms with E-state index in [0.717, 1.165) is 35.6 Å². The minimum Gasteiger partial charge on any atom is -0.481 e. The Morgan fingerprint density at radius 2 is 1.80 bits per heavy atom. The zero-order chi connectivity index (χ0) is 17.3. The number of rotatable bonds is 4. The molecular weight excluding hydrogens is 312 g/mol. The van der Waals surface area contributed by atoms with Crippen molar-refractivity contribution in [1.82, 2.24) is 10.3 Å². The summed E-state index contributed by atoms with van der Waals surface area (Å²) >= 11 is 0. The van der Waals surface area contributed by atoms with Crippen molar-refractivity contribution in [3.05, 3.63) is 71.9 Å². The van der Waals surface area contributed by atoms with E-state index in [1.165, 1.54) is 0 Å². The molecule has 1 aliphatic rings. The maximum absolute atomic E-state index is 12.9. The van der Waals surface area contributed by atoms with Crippen LogP contribution < -0.4 is 10.1 Å². The summed E-state index contributed by atoms with van der Waals surface area (Å²) in [5, 5.41) is 5.07. The van der Waals surface area contributed by atoms with Gasteiger partial charge < -0.3 is 10.1 Å². The fourth-order valence-corrected chi connectivity index (χ4v) is 3.49. The number of nitrogens with zero attached hydrogens (tertiary/aromatic N) is 1. The Labute approximate surface area is 146 Å². The Morgan fingerprint density at radius 1 is 1.08 bits per heavy atom. The van der Waals surface area contributed by atoms with Crippen LogP contribution in [0.15, 0.2) is 60.7 Å². The molecule has 1 aromatic heterocycles. The zero-order valence-corrected chi connectivity index (χ0v) is 14.2. The summed E-state index contributed by atoms with van der Waals surface area (Å²) in [7, 11) is 1.58. The number of aromatic nitrogens is 1. The van der Waals surface area contributed by atoms with E-state index in [1.54, 1.807) is 7.11 Å². The summed E-state index contributed by atoms with van der Waals surface area (Å²) in [5.41, 5.74) is 1.26. The summed E-state index contributed by atoms with van der Waals surface area (Å²) in [6.45, 7) is 0. The molecule has 0 unspecified atom stereocenters. The molecule has 1 fully saturated rings. The fraction of sp³-hybridized carbons (Fsp3) is 0.238. The molecule has 1 heterocycles. The normalized spacial score (nSPS) is 15.4. The third kappa shape index (κ3) is 2.74. The van der Waals surface area contributed by atoms with Crippen LogP contribution in [0.1, 0.15) is 35.3 Å². The third-order valence-electron chi connectivity index (χ3n) is 5.02. The minimum atomic E-state index is -0.279. The average Bonchev–Trinajstić information content (AvgIpc) is 2.64. The lowest BCUT2D eigenvalue weighted by Crippen LogP contribution is -2.50. The van der Waals surface area contributed by atoms with Gasteiger partial charge in [0.2, 0.25) is 5.88 Å². The molecule has 0 aliphatic heterocycles. The molecular formula is C21H20N2O2. The van der Waals surface area contributed by atoms with E-state index in [9.17, 15) is 4.79 Å². The second-order valence-electron chi connectivity index (χ2n) is 6.49. The number of hydrogen-bond acceptors (Lipinski definition) is 3. The van der Waals surface area contributed by atoms with Gasteiger partial charge in [-0.2, -0.15) is 0 Å². The standard InChI is InChI=1S/C21H20N2O2/c1-25-20-17-11-6-5-8-15(17)14-18(22-20)19(24)23-21(12-7-13-21)16-9-3-2-4-10-16/h2-6,8-11,14H,7,12-13H2,1H3,(H,23,24). The van der Waals surface area contributed by atoms with Crippen molar-refractivity contribution < 1.29 is 9.53 Å². The van der Waals surface area contributed by atoms with Gasteiger partial charge in [-0.1, -0.05) is 48.5 Å². The van der Waals surface area contributed by atoms with Crippen LogP contribution in [-0.4, -0.2) is 18.0 Å². The van der Waals surface area contributed by atoms with Gasteiger partial charge in [-0.05, 0) is 42.3 Å². The highest BCUT2D eigenvalue weighted by Crippen LogP contribution is 2.41. The van der Waals surface area contributed by atoms with E-state index in [-0.39, 0.29) is 11.4 Å². The van der Waals surface area contributed by atoms with E-state index in [1.807, 2.05) is 48.5 Å². The Kier molecular flexibility index (Phi) is 3.88. The highest BCUT2D eigenvalue weighted by molar-refractivity contribution is 5.98.